The van der Waals surface area contributed by atoms with Crippen LogP contribution in [0.25, 0.3) is 0 Å². The summed E-state index contributed by atoms with van der Waals surface area (Å²) in [5, 5.41) is 2.97. The van der Waals surface area contributed by atoms with E-state index in [1.54, 1.807) is 11.0 Å². The third kappa shape index (κ3) is 6.79. The molecule has 0 saturated carbocycles. The summed E-state index contributed by atoms with van der Waals surface area (Å²) in [5.41, 5.74) is 3.22. The molecule has 7 heteroatoms. The molecule has 1 fully saturated rings. The number of methoxy groups -OCH3 is 1. The van der Waals surface area contributed by atoms with Gasteiger partial charge in [0, 0.05) is 17.7 Å². The van der Waals surface area contributed by atoms with Crippen LogP contribution in [-0.2, 0) is 29.2 Å². The molecule has 1 aliphatic rings. The third-order valence-corrected chi connectivity index (χ3v) is 5.35. The summed E-state index contributed by atoms with van der Waals surface area (Å²) < 4.78 is 24.1. The van der Waals surface area contributed by atoms with Crippen LogP contribution in [0.1, 0.15) is 16.7 Å². The highest BCUT2D eigenvalue weighted by Gasteiger charge is 2.15. The predicted octanol–water partition coefficient (Wildman–Crippen LogP) is -0.419. The first kappa shape index (κ1) is 22.2. The van der Waals surface area contributed by atoms with Gasteiger partial charge in [0.05, 0.1) is 27.4 Å². The fourth-order valence-electron chi connectivity index (χ4n) is 3.67. The van der Waals surface area contributed by atoms with Crippen LogP contribution < -0.4 is 19.9 Å². The number of nitrogens with one attached hydrogen (secondary N) is 3. The highest BCUT2D eigenvalue weighted by Crippen LogP contribution is 2.17. The molecule has 1 unspecified atom stereocenters. The van der Waals surface area contributed by atoms with Gasteiger partial charge < -0.3 is 24.6 Å². The lowest BCUT2D eigenvalue weighted by atomic mass is 10.1. The van der Waals surface area contributed by atoms with Crippen molar-refractivity contribution in [1.29, 1.82) is 0 Å². The van der Waals surface area contributed by atoms with Crippen LogP contribution in [0.5, 0.6) is 5.75 Å². The van der Waals surface area contributed by atoms with Gasteiger partial charge in [-0.3, -0.25) is 4.79 Å². The molecule has 2 aromatic rings. The normalized spacial score (nSPS) is 15.6. The van der Waals surface area contributed by atoms with E-state index >= 15 is 0 Å². The number of amides is 1. The van der Waals surface area contributed by atoms with Gasteiger partial charge in [-0.25, -0.2) is 4.39 Å². The molecule has 3 N–H and O–H groups in total. The summed E-state index contributed by atoms with van der Waals surface area (Å²) in [7, 11) is 3.36. The minimum Gasteiger partial charge on any atom is -0.494 e. The predicted molar refractivity (Wildman–Crippen MR) is 112 cm³/mol. The van der Waals surface area contributed by atoms with Gasteiger partial charge in [-0.1, -0.05) is 24.3 Å². The summed E-state index contributed by atoms with van der Waals surface area (Å²) in [6.07, 6.45) is 0. The van der Waals surface area contributed by atoms with Gasteiger partial charge in [-0.05, 0) is 23.8 Å². The summed E-state index contributed by atoms with van der Waals surface area (Å²) in [6, 6.07) is 13.3. The highest BCUT2D eigenvalue weighted by atomic mass is 19.1. The number of likely N-dealkylation sites (N-methyl/N-ethyl adjacent to an activating group) is 1. The molecule has 2 aromatic carbocycles. The average molecular weight is 418 g/mol. The number of carbonyl (C=O) groups is 1. The van der Waals surface area contributed by atoms with Crippen molar-refractivity contribution in [2.45, 2.75) is 19.6 Å². The fraction of sp³-hybridized carbons (Fsp3) is 0.435. The smallest absolute Gasteiger partial charge is 0.275 e. The number of hydrogen-bond acceptors (Lipinski definition) is 3. The van der Waals surface area contributed by atoms with Crippen LogP contribution in [0.3, 0.4) is 0 Å². The Balaban J connectivity index is 1.40. The van der Waals surface area contributed by atoms with E-state index in [1.807, 2.05) is 13.1 Å². The molecule has 1 aliphatic heterocycles. The van der Waals surface area contributed by atoms with Gasteiger partial charge in [-0.15, -0.1) is 0 Å². The number of morpholine rings is 1. The van der Waals surface area contributed by atoms with Gasteiger partial charge in [0.2, 0.25) is 0 Å². The van der Waals surface area contributed by atoms with Crippen LogP contribution >= 0.6 is 0 Å². The van der Waals surface area contributed by atoms with E-state index in [9.17, 15) is 9.18 Å². The third-order valence-electron chi connectivity index (χ3n) is 5.35. The van der Waals surface area contributed by atoms with Crippen molar-refractivity contribution in [2.24, 2.45) is 0 Å². The number of quaternary nitrogens is 2. The number of benzene rings is 2. The molecule has 1 heterocycles. The molecular weight excluding hydrogens is 385 g/mol. The van der Waals surface area contributed by atoms with Crippen LogP contribution in [-0.4, -0.2) is 52.9 Å². The summed E-state index contributed by atoms with van der Waals surface area (Å²) >= 11 is 0. The lowest BCUT2D eigenvalue weighted by molar-refractivity contribution is -0.921. The lowest BCUT2D eigenvalue weighted by Gasteiger charge is -2.23. The number of hydrogen-bond donors (Lipinski definition) is 3. The van der Waals surface area contributed by atoms with Gasteiger partial charge in [-0.2, -0.15) is 0 Å². The first-order chi connectivity index (χ1) is 14.5. The number of ether oxygens (including phenoxy) is 2. The Kier molecular flexibility index (Phi) is 8.19. The zero-order valence-corrected chi connectivity index (χ0v) is 17.8. The van der Waals surface area contributed by atoms with E-state index < -0.39 is 0 Å². The molecule has 1 saturated heterocycles. The summed E-state index contributed by atoms with van der Waals surface area (Å²) in [5.74, 6) is -0.180. The molecule has 30 heavy (non-hydrogen) atoms. The van der Waals surface area contributed by atoms with Crippen LogP contribution in [0.15, 0.2) is 42.5 Å². The maximum absolute atomic E-state index is 13.8. The van der Waals surface area contributed by atoms with Gasteiger partial charge >= 0.3 is 0 Å². The van der Waals surface area contributed by atoms with E-state index in [-0.39, 0.29) is 17.5 Å². The Bertz CT molecular complexity index is 823. The SMILES string of the molecule is COc1ccc(C[NH+](C)CC(=O)NCc2ccc(C[NH+]3CCOCC3)cc2)cc1F. The first-order valence-electron chi connectivity index (χ1n) is 10.4. The van der Waals surface area contributed by atoms with Crippen LogP contribution in [0.2, 0.25) is 0 Å². The van der Waals surface area contributed by atoms with Crippen molar-refractivity contribution in [3.8, 4) is 5.75 Å². The van der Waals surface area contributed by atoms with E-state index in [0.717, 1.165) is 48.9 Å². The molecule has 1 amide bonds. The van der Waals surface area contributed by atoms with E-state index in [2.05, 4.69) is 29.6 Å². The molecule has 0 aromatic heterocycles. The van der Waals surface area contributed by atoms with Gasteiger partial charge in [0.1, 0.15) is 26.2 Å². The lowest BCUT2D eigenvalue weighted by Crippen LogP contribution is -3.12. The minimum atomic E-state index is -0.383. The van der Waals surface area contributed by atoms with Crippen molar-refractivity contribution < 1.29 is 28.5 Å². The van der Waals surface area contributed by atoms with Crippen molar-refractivity contribution in [3.05, 3.63) is 65.0 Å². The monoisotopic (exact) mass is 417 g/mol. The molecule has 0 radical (unpaired) electrons. The Morgan fingerprint density at radius 3 is 2.47 bits per heavy atom. The zero-order valence-electron chi connectivity index (χ0n) is 17.8. The molecular formula is C23H32FN3O3+2. The standard InChI is InChI=1S/C23H30FN3O3/c1-26(15-20-7-8-22(29-2)21(24)13-20)17-23(28)25-14-18-3-5-19(6-4-18)16-27-9-11-30-12-10-27/h3-8,13H,9-12,14-17H2,1-2H3,(H,25,28)/p+2. The number of rotatable bonds is 9. The van der Waals surface area contributed by atoms with E-state index in [1.165, 1.54) is 18.7 Å². The second kappa shape index (κ2) is 11.1. The largest absolute Gasteiger partial charge is 0.494 e. The first-order valence-corrected chi connectivity index (χ1v) is 10.4. The molecule has 0 bridgehead atoms. The molecule has 0 aliphatic carbocycles. The topological polar surface area (TPSA) is 56.4 Å². The summed E-state index contributed by atoms with van der Waals surface area (Å²) in [4.78, 5) is 14.8. The average Bonchev–Trinajstić information content (AvgIpc) is 2.74. The molecule has 6 nitrogen and oxygen atoms in total. The van der Waals surface area contributed by atoms with Crippen molar-refractivity contribution >= 4 is 5.91 Å². The van der Waals surface area contributed by atoms with Crippen LogP contribution in [0.4, 0.5) is 4.39 Å². The Labute approximate surface area is 177 Å². The minimum absolute atomic E-state index is 0.0247. The van der Waals surface area contributed by atoms with Gasteiger partial charge in [0.25, 0.3) is 5.91 Å². The second-order valence-electron chi connectivity index (χ2n) is 7.91. The molecule has 1 atom stereocenters. The second-order valence-corrected chi connectivity index (χ2v) is 7.91. The van der Waals surface area contributed by atoms with Crippen molar-refractivity contribution in [1.82, 2.24) is 5.32 Å². The van der Waals surface area contributed by atoms with Crippen LogP contribution in [0, 0.1) is 5.82 Å². The fourth-order valence-corrected chi connectivity index (χ4v) is 3.67. The quantitative estimate of drug-likeness (QED) is 0.520. The Hall–Kier alpha value is -2.48. The molecule has 162 valence electrons. The van der Waals surface area contributed by atoms with Crippen molar-refractivity contribution in [2.75, 3.05) is 47.0 Å². The van der Waals surface area contributed by atoms with E-state index in [0.29, 0.717) is 19.6 Å². The maximum atomic E-state index is 13.8. The Morgan fingerprint density at radius 2 is 1.80 bits per heavy atom. The molecule has 0 spiro atoms. The maximum Gasteiger partial charge on any atom is 0.275 e. The number of carbonyl (C=O) groups excluding carboxylic acids is 1. The van der Waals surface area contributed by atoms with Gasteiger partial charge in [0.15, 0.2) is 18.1 Å². The molecule has 3 rings (SSSR count). The highest BCUT2D eigenvalue weighted by molar-refractivity contribution is 5.76. The summed E-state index contributed by atoms with van der Waals surface area (Å²) in [6.45, 7) is 6.18. The zero-order chi connectivity index (χ0) is 21.3. The van der Waals surface area contributed by atoms with E-state index in [4.69, 9.17) is 9.47 Å². The number of halogens is 1. The Morgan fingerprint density at radius 1 is 1.13 bits per heavy atom. The van der Waals surface area contributed by atoms with Crippen molar-refractivity contribution in [3.63, 3.8) is 0 Å².